The molecule has 0 aromatic carbocycles. The molecular formula is C13H25I2N2O2-. The predicted octanol–water partition coefficient (Wildman–Crippen LogP) is -4.29. The lowest BCUT2D eigenvalue weighted by molar-refractivity contribution is -0.614. The molecule has 0 saturated carbocycles. The van der Waals surface area contributed by atoms with Gasteiger partial charge in [-0.25, -0.2) is 15.4 Å². The van der Waals surface area contributed by atoms with E-state index in [1.807, 2.05) is 0 Å². The molecule has 0 radical (unpaired) electrons. The molecule has 1 heterocycles. The summed E-state index contributed by atoms with van der Waals surface area (Å²) in [4.78, 5) is 23.3. The first-order chi connectivity index (χ1) is 8.14. The molecule has 0 spiro atoms. The van der Waals surface area contributed by atoms with Crippen LogP contribution in [0.4, 0.5) is 4.79 Å². The normalized spacial score (nSPS) is 16.5. The molecule has 4 nitrogen and oxygen atoms in total. The lowest BCUT2D eigenvalue weighted by atomic mass is 9.87. The molecule has 1 aliphatic rings. The van der Waals surface area contributed by atoms with Crippen LogP contribution in [0.3, 0.4) is 0 Å². The fraction of sp³-hybridized carbons (Fsp3) is 0.846. The Bertz CT molecular complexity index is 276. The first kappa shape index (κ1) is 21.9. The molecule has 0 aliphatic carbocycles. The lowest BCUT2D eigenvalue weighted by Gasteiger charge is -2.21. The van der Waals surface area contributed by atoms with Gasteiger partial charge in [0.05, 0.1) is 0 Å². The van der Waals surface area contributed by atoms with Crippen molar-refractivity contribution in [1.29, 1.82) is 0 Å². The van der Waals surface area contributed by atoms with Crippen molar-refractivity contribution in [3.05, 3.63) is 0 Å². The summed E-state index contributed by atoms with van der Waals surface area (Å²) in [5.41, 5.74) is -0.499. The number of amides is 3. The number of carbonyl (C=O) groups is 2. The number of hydrogen-bond donors (Lipinski definition) is 2. The van der Waals surface area contributed by atoms with E-state index in [9.17, 15) is 9.59 Å². The summed E-state index contributed by atoms with van der Waals surface area (Å²) < 4.78 is 0. The Morgan fingerprint density at radius 1 is 0.947 bits per heavy atom. The summed E-state index contributed by atoms with van der Waals surface area (Å²) in [6.07, 6.45) is 8.24. The number of halogens is 2. The van der Waals surface area contributed by atoms with Crippen LogP contribution in [0.1, 0.15) is 65.2 Å². The molecule has 6 heteroatoms. The maximum absolute atomic E-state index is 11.9. The van der Waals surface area contributed by atoms with Gasteiger partial charge in [-0.05, 0) is 12.8 Å². The van der Waals surface area contributed by atoms with Gasteiger partial charge in [0, 0.05) is 12.8 Å². The first-order valence-electron chi connectivity index (χ1n) is 6.86. The van der Waals surface area contributed by atoms with Crippen molar-refractivity contribution in [1.82, 2.24) is 5.32 Å². The van der Waals surface area contributed by atoms with Crippen LogP contribution < -0.4 is 58.6 Å². The zero-order chi connectivity index (χ0) is 12.7. The number of unbranched alkanes of at least 4 members (excludes halogenated alkanes) is 4. The van der Waals surface area contributed by atoms with Crippen LogP contribution in [-0.4, -0.2) is 17.5 Å². The molecular weight excluding hydrogens is 470 g/mol. The van der Waals surface area contributed by atoms with Crippen LogP contribution in [-0.2, 0) is 4.79 Å². The Kier molecular flexibility index (Phi) is 12.9. The minimum absolute atomic E-state index is 0. The van der Waals surface area contributed by atoms with Crippen LogP contribution >= 0.6 is 0 Å². The second kappa shape index (κ2) is 11.2. The molecule has 0 aromatic heterocycles. The molecule has 0 bridgehead atoms. The molecule has 0 atom stereocenters. The Hall–Kier alpha value is 0.560. The summed E-state index contributed by atoms with van der Waals surface area (Å²) in [6, 6.07) is -0.206. The highest BCUT2D eigenvalue weighted by molar-refractivity contribution is 6.00. The van der Waals surface area contributed by atoms with E-state index in [1.54, 1.807) is 5.32 Å². The number of hydrogen-bond acceptors (Lipinski definition) is 2. The van der Waals surface area contributed by atoms with Crippen molar-refractivity contribution in [2.24, 2.45) is 0 Å². The van der Waals surface area contributed by atoms with Gasteiger partial charge >= 0.3 is 6.03 Å². The third kappa shape index (κ3) is 6.70. The van der Waals surface area contributed by atoms with Gasteiger partial charge in [-0.15, -0.1) is 0 Å². The number of rotatable bonds is 8. The van der Waals surface area contributed by atoms with E-state index in [0.717, 1.165) is 51.4 Å². The van der Waals surface area contributed by atoms with E-state index in [1.165, 1.54) is 0 Å². The predicted molar refractivity (Wildman–Crippen MR) is 66.5 cm³/mol. The second-order valence-electron chi connectivity index (χ2n) is 5.03. The van der Waals surface area contributed by atoms with Crippen molar-refractivity contribution >= 4 is 11.9 Å². The zero-order valence-electron chi connectivity index (χ0n) is 11.8. The van der Waals surface area contributed by atoms with Crippen LogP contribution in [0.15, 0.2) is 0 Å². The van der Waals surface area contributed by atoms with Gasteiger partial charge in [-0.2, -0.15) is 0 Å². The van der Waals surface area contributed by atoms with Gasteiger partial charge in [0.25, 0.3) is 5.91 Å². The van der Waals surface area contributed by atoms with Crippen molar-refractivity contribution < 1.29 is 62.9 Å². The van der Waals surface area contributed by atoms with Gasteiger partial charge in [-0.3, -0.25) is 4.79 Å². The van der Waals surface area contributed by atoms with Crippen molar-refractivity contribution in [3.63, 3.8) is 0 Å². The fourth-order valence-corrected chi connectivity index (χ4v) is 2.47. The summed E-state index contributed by atoms with van der Waals surface area (Å²) in [5, 5.41) is 4.05. The van der Waals surface area contributed by atoms with E-state index in [0.29, 0.717) is 0 Å². The molecule has 114 valence electrons. The standard InChI is InChI=1S/C13H24N2O2.2HI/c1-3-5-7-9-13(10-8-6-4-2)11(16)14-12(17)15-13;;/h3-10H2,1-2H3,(H2,14,15,16,17);2*1H/p-1. The average molecular weight is 495 g/mol. The summed E-state index contributed by atoms with van der Waals surface area (Å²) >= 11 is 0. The highest BCUT2D eigenvalue weighted by atomic mass is 127. The molecule has 3 amide bonds. The largest absolute Gasteiger partial charge is 1.00 e. The van der Waals surface area contributed by atoms with E-state index in [-0.39, 0.29) is 59.9 Å². The Balaban J connectivity index is 0. The number of quaternary nitrogens is 1. The Labute approximate surface area is 150 Å². The van der Waals surface area contributed by atoms with Crippen LogP contribution in [0.5, 0.6) is 0 Å². The fourth-order valence-electron chi connectivity index (χ4n) is 2.47. The van der Waals surface area contributed by atoms with Crippen molar-refractivity contribution in [2.45, 2.75) is 70.8 Å². The van der Waals surface area contributed by atoms with Gasteiger partial charge in [-0.1, -0.05) is 39.5 Å². The molecule has 3 N–H and O–H groups in total. The van der Waals surface area contributed by atoms with E-state index < -0.39 is 5.54 Å². The quantitative estimate of drug-likeness (QED) is 0.204. The van der Waals surface area contributed by atoms with Gasteiger partial charge in [0.15, 0.2) is 5.54 Å². The second-order valence-corrected chi connectivity index (χ2v) is 5.03. The summed E-state index contributed by atoms with van der Waals surface area (Å²) in [5.74, 6) is -0.0743. The van der Waals surface area contributed by atoms with Crippen molar-refractivity contribution in [3.8, 4) is 0 Å². The minimum Gasteiger partial charge on any atom is -1.00 e. The van der Waals surface area contributed by atoms with Crippen LogP contribution in [0.25, 0.3) is 0 Å². The first-order valence-corrected chi connectivity index (χ1v) is 6.86. The average Bonchev–Trinajstić information content (AvgIpc) is 2.55. The molecule has 1 aliphatic heterocycles. The number of nitrogens with one attached hydrogen (secondary N) is 1. The zero-order valence-corrected chi connectivity index (χ0v) is 16.1. The smallest absolute Gasteiger partial charge is 0.420 e. The number of imide groups is 1. The number of nitrogens with two attached hydrogens (primary N) is 1. The summed E-state index contributed by atoms with van der Waals surface area (Å²) in [6.45, 7) is 4.29. The molecule has 19 heavy (non-hydrogen) atoms. The van der Waals surface area contributed by atoms with Gasteiger partial charge in [0.1, 0.15) is 0 Å². The van der Waals surface area contributed by atoms with Crippen LogP contribution in [0, 0.1) is 0 Å². The third-order valence-electron chi connectivity index (χ3n) is 3.55. The minimum atomic E-state index is -0.499. The highest BCUT2D eigenvalue weighted by Gasteiger charge is 2.49. The van der Waals surface area contributed by atoms with E-state index >= 15 is 0 Å². The molecule has 1 fully saturated rings. The number of carbonyl (C=O) groups excluding carboxylic acids is 2. The maximum Gasteiger partial charge on any atom is 0.420 e. The third-order valence-corrected chi connectivity index (χ3v) is 3.55. The molecule has 1 saturated heterocycles. The SMILES string of the molecule is CCCCCC1(CCCCC)[NH2+]C(=O)NC1=O.[I-].[I-]. The molecule has 0 unspecified atom stereocenters. The van der Waals surface area contributed by atoms with E-state index in [2.05, 4.69) is 19.2 Å². The molecule has 0 aromatic rings. The lowest BCUT2D eigenvalue weighted by Crippen LogP contribution is -3.00. The Morgan fingerprint density at radius 2 is 1.42 bits per heavy atom. The Morgan fingerprint density at radius 3 is 1.74 bits per heavy atom. The van der Waals surface area contributed by atoms with Gasteiger partial charge in [0.2, 0.25) is 0 Å². The molecule has 1 rings (SSSR count). The highest BCUT2D eigenvalue weighted by Crippen LogP contribution is 2.21. The topological polar surface area (TPSA) is 62.8 Å². The van der Waals surface area contributed by atoms with Crippen LogP contribution in [0.2, 0.25) is 0 Å². The number of primary amides is 1. The van der Waals surface area contributed by atoms with E-state index in [4.69, 9.17) is 0 Å². The number of urea groups is 1. The monoisotopic (exact) mass is 495 g/mol. The maximum atomic E-state index is 11.9. The summed E-state index contributed by atoms with van der Waals surface area (Å²) in [7, 11) is 0. The van der Waals surface area contributed by atoms with Crippen molar-refractivity contribution in [2.75, 3.05) is 0 Å². The van der Waals surface area contributed by atoms with Gasteiger partial charge < -0.3 is 48.0 Å².